The largest absolute Gasteiger partial charge is 0.496 e. The number of aromatic nitrogens is 2. The molecule has 0 aliphatic heterocycles. The van der Waals surface area contributed by atoms with Gasteiger partial charge in [-0.25, -0.2) is 0 Å². The highest BCUT2D eigenvalue weighted by atomic mass is 32.1. The molecule has 6 heteroatoms. The van der Waals surface area contributed by atoms with Gasteiger partial charge in [0.2, 0.25) is 0 Å². The number of nitrogens with one attached hydrogen (secondary N) is 1. The summed E-state index contributed by atoms with van der Waals surface area (Å²) in [6.07, 6.45) is 0.693. The Hall–Kier alpha value is -1.92. The number of methoxy groups -OCH3 is 1. The van der Waals surface area contributed by atoms with Crippen LogP contribution in [0.3, 0.4) is 0 Å². The molecular formula is C15H14N2O2S2. The topological polar surface area (TPSA) is 47.0 Å². The molecule has 0 saturated carbocycles. The second-order valence-electron chi connectivity index (χ2n) is 4.61. The van der Waals surface area contributed by atoms with Crippen molar-refractivity contribution in [1.82, 2.24) is 9.55 Å². The van der Waals surface area contributed by atoms with Gasteiger partial charge in [-0.15, -0.1) is 11.3 Å². The molecule has 2 heterocycles. The van der Waals surface area contributed by atoms with E-state index >= 15 is 0 Å². The van der Waals surface area contributed by atoms with Crippen molar-refractivity contribution in [2.75, 3.05) is 7.11 Å². The minimum atomic E-state index is -0.0290. The molecule has 0 amide bonds. The first-order chi connectivity index (χ1) is 10.2. The van der Waals surface area contributed by atoms with Gasteiger partial charge in [-0.05, 0) is 41.7 Å². The second-order valence-corrected chi connectivity index (χ2v) is 5.92. The van der Waals surface area contributed by atoms with Crippen LogP contribution in [-0.4, -0.2) is 16.7 Å². The Balaban J connectivity index is 1.95. The van der Waals surface area contributed by atoms with Crippen LogP contribution in [-0.2, 0) is 13.0 Å². The molecule has 4 nitrogen and oxygen atoms in total. The van der Waals surface area contributed by atoms with E-state index < -0.39 is 0 Å². The number of hydrogen-bond donors (Lipinski definition) is 1. The lowest BCUT2D eigenvalue weighted by molar-refractivity contribution is 0.408. The van der Waals surface area contributed by atoms with Crippen molar-refractivity contribution in [3.8, 4) is 5.75 Å². The average molecular weight is 318 g/mol. The highest BCUT2D eigenvalue weighted by Crippen LogP contribution is 2.19. The summed E-state index contributed by atoms with van der Waals surface area (Å²) in [5.74, 6) is 0.831. The summed E-state index contributed by atoms with van der Waals surface area (Å²) in [7, 11) is 1.65. The standard InChI is InChI=1S/C15H14N2O2S2/c1-19-12-5-3-2-4-10(12)6-8-17-14(18)13-11(7-9-21-13)16-15(17)20/h2-5,7,9H,6,8H2,1H3,(H,16,20). The fraction of sp³-hybridized carbons (Fsp3) is 0.200. The summed E-state index contributed by atoms with van der Waals surface area (Å²) in [5, 5.41) is 1.89. The van der Waals surface area contributed by atoms with Crippen LogP contribution in [0.2, 0.25) is 0 Å². The van der Waals surface area contributed by atoms with Gasteiger partial charge >= 0.3 is 0 Å². The van der Waals surface area contributed by atoms with E-state index in [4.69, 9.17) is 17.0 Å². The molecule has 0 aliphatic rings. The number of hydrogen-bond acceptors (Lipinski definition) is 4. The number of H-pyrrole nitrogens is 1. The Morgan fingerprint density at radius 2 is 2.14 bits per heavy atom. The van der Waals surface area contributed by atoms with E-state index in [0.29, 0.717) is 22.4 Å². The van der Waals surface area contributed by atoms with Crippen LogP contribution in [0.25, 0.3) is 10.2 Å². The summed E-state index contributed by atoms with van der Waals surface area (Å²) in [6.45, 7) is 0.530. The number of nitrogens with zero attached hydrogens (tertiary/aromatic N) is 1. The lowest BCUT2D eigenvalue weighted by Crippen LogP contribution is -2.22. The minimum absolute atomic E-state index is 0.0290. The summed E-state index contributed by atoms with van der Waals surface area (Å²) in [6, 6.07) is 9.69. The molecule has 0 spiro atoms. The first-order valence-electron chi connectivity index (χ1n) is 6.53. The van der Waals surface area contributed by atoms with E-state index in [1.165, 1.54) is 11.3 Å². The Bertz CT molecular complexity index is 892. The SMILES string of the molecule is COc1ccccc1CCn1c(=S)[nH]c2ccsc2c1=O. The van der Waals surface area contributed by atoms with E-state index in [-0.39, 0.29) is 5.56 Å². The lowest BCUT2D eigenvalue weighted by atomic mass is 10.1. The van der Waals surface area contributed by atoms with Crippen molar-refractivity contribution in [3.63, 3.8) is 0 Å². The van der Waals surface area contributed by atoms with Gasteiger partial charge in [-0.1, -0.05) is 18.2 Å². The molecule has 0 atom stereocenters. The van der Waals surface area contributed by atoms with Crippen molar-refractivity contribution >= 4 is 33.8 Å². The maximum Gasteiger partial charge on any atom is 0.272 e. The van der Waals surface area contributed by atoms with Gasteiger partial charge in [0.1, 0.15) is 10.4 Å². The fourth-order valence-corrected chi connectivity index (χ4v) is 3.40. The molecule has 108 valence electrons. The summed E-state index contributed by atoms with van der Waals surface area (Å²) in [5.41, 5.74) is 1.84. The Morgan fingerprint density at radius 3 is 2.95 bits per heavy atom. The number of benzene rings is 1. The highest BCUT2D eigenvalue weighted by molar-refractivity contribution is 7.71. The zero-order valence-electron chi connectivity index (χ0n) is 11.5. The zero-order valence-corrected chi connectivity index (χ0v) is 13.1. The van der Waals surface area contributed by atoms with Crippen LogP contribution >= 0.6 is 23.6 Å². The van der Waals surface area contributed by atoms with Gasteiger partial charge in [0, 0.05) is 6.54 Å². The predicted molar refractivity (Wildman–Crippen MR) is 88.0 cm³/mol. The number of para-hydroxylation sites is 1. The number of fused-ring (bicyclic) bond motifs is 1. The number of rotatable bonds is 4. The van der Waals surface area contributed by atoms with Crippen molar-refractivity contribution in [2.24, 2.45) is 0 Å². The Kier molecular flexibility index (Phi) is 3.90. The van der Waals surface area contributed by atoms with E-state index in [9.17, 15) is 4.79 Å². The lowest BCUT2D eigenvalue weighted by Gasteiger charge is -2.09. The Labute approximate surface area is 130 Å². The van der Waals surface area contributed by atoms with Crippen molar-refractivity contribution in [3.05, 3.63) is 56.4 Å². The highest BCUT2D eigenvalue weighted by Gasteiger charge is 2.08. The van der Waals surface area contributed by atoms with Gasteiger partial charge in [-0.3, -0.25) is 9.36 Å². The molecule has 0 saturated heterocycles. The number of thiophene rings is 1. The molecule has 2 aromatic heterocycles. The second kappa shape index (κ2) is 5.83. The molecule has 21 heavy (non-hydrogen) atoms. The molecule has 3 rings (SSSR count). The smallest absolute Gasteiger partial charge is 0.272 e. The monoisotopic (exact) mass is 318 g/mol. The van der Waals surface area contributed by atoms with Crippen LogP contribution in [0.1, 0.15) is 5.56 Å². The Morgan fingerprint density at radius 1 is 1.33 bits per heavy atom. The van der Waals surface area contributed by atoms with Crippen LogP contribution in [0.5, 0.6) is 5.75 Å². The molecule has 0 radical (unpaired) electrons. The molecule has 1 aromatic carbocycles. The van der Waals surface area contributed by atoms with E-state index in [2.05, 4.69) is 4.98 Å². The van der Waals surface area contributed by atoms with Crippen molar-refractivity contribution < 1.29 is 4.74 Å². The van der Waals surface area contributed by atoms with Crippen LogP contribution in [0.4, 0.5) is 0 Å². The molecular weight excluding hydrogens is 304 g/mol. The third-order valence-corrected chi connectivity index (χ3v) is 4.61. The average Bonchev–Trinajstić information content (AvgIpc) is 2.95. The van der Waals surface area contributed by atoms with Gasteiger partial charge in [0.05, 0.1) is 12.6 Å². The summed E-state index contributed by atoms with van der Waals surface area (Å²) < 4.78 is 8.12. The minimum Gasteiger partial charge on any atom is -0.496 e. The first-order valence-corrected chi connectivity index (χ1v) is 7.81. The number of ether oxygens (including phenoxy) is 1. The normalized spacial score (nSPS) is 10.9. The van der Waals surface area contributed by atoms with Crippen molar-refractivity contribution in [1.29, 1.82) is 0 Å². The molecule has 0 fully saturated rings. The van der Waals surface area contributed by atoms with E-state index in [0.717, 1.165) is 16.8 Å². The van der Waals surface area contributed by atoms with Gasteiger partial charge in [0.25, 0.3) is 5.56 Å². The third-order valence-electron chi connectivity index (χ3n) is 3.39. The molecule has 0 aliphatic carbocycles. The van der Waals surface area contributed by atoms with E-state index in [1.807, 2.05) is 35.7 Å². The molecule has 0 unspecified atom stereocenters. The quantitative estimate of drug-likeness (QED) is 0.750. The van der Waals surface area contributed by atoms with Crippen molar-refractivity contribution in [2.45, 2.75) is 13.0 Å². The molecule has 0 bridgehead atoms. The van der Waals surface area contributed by atoms with Crippen LogP contribution in [0, 0.1) is 4.77 Å². The van der Waals surface area contributed by atoms with E-state index in [1.54, 1.807) is 11.7 Å². The maximum atomic E-state index is 12.4. The van der Waals surface area contributed by atoms with Crippen LogP contribution in [0.15, 0.2) is 40.5 Å². The molecule has 3 aromatic rings. The summed E-state index contributed by atoms with van der Waals surface area (Å²) in [4.78, 5) is 15.5. The van der Waals surface area contributed by atoms with Gasteiger partial charge < -0.3 is 9.72 Å². The summed E-state index contributed by atoms with van der Waals surface area (Å²) >= 11 is 6.72. The van der Waals surface area contributed by atoms with Gasteiger partial charge in [-0.2, -0.15) is 0 Å². The zero-order chi connectivity index (χ0) is 14.8. The molecule has 1 N–H and O–H groups in total. The fourth-order valence-electron chi connectivity index (χ4n) is 2.32. The van der Waals surface area contributed by atoms with Gasteiger partial charge in [0.15, 0.2) is 4.77 Å². The predicted octanol–water partition coefficient (Wildman–Crippen LogP) is 3.37. The van der Waals surface area contributed by atoms with Crippen LogP contribution < -0.4 is 10.3 Å². The third kappa shape index (κ3) is 2.64. The first kappa shape index (κ1) is 14.0. The number of aromatic amines is 1. The number of aryl methyl sites for hydroxylation is 1. The maximum absolute atomic E-state index is 12.4.